The Labute approximate surface area is 118 Å². The van der Waals surface area contributed by atoms with Gasteiger partial charge in [0.2, 0.25) is 0 Å². The van der Waals surface area contributed by atoms with Crippen LogP contribution in [0.4, 0.5) is 11.4 Å². The van der Waals surface area contributed by atoms with Crippen LogP contribution in [0.2, 0.25) is 0 Å². The zero-order valence-corrected chi connectivity index (χ0v) is 11.6. The van der Waals surface area contributed by atoms with Crippen LogP contribution in [0.1, 0.15) is 16.1 Å². The fraction of sp³-hybridized carbons (Fsp3) is 0.200. The second-order valence-electron chi connectivity index (χ2n) is 4.64. The van der Waals surface area contributed by atoms with Crippen LogP contribution in [-0.2, 0) is 6.54 Å². The summed E-state index contributed by atoms with van der Waals surface area (Å²) in [4.78, 5) is 18.2. The molecule has 0 aliphatic heterocycles. The highest BCUT2D eigenvalue weighted by Gasteiger charge is 2.07. The van der Waals surface area contributed by atoms with Gasteiger partial charge in [-0.25, -0.2) is 0 Å². The number of nitrogens with zero attached hydrogens (tertiary/aromatic N) is 2. The summed E-state index contributed by atoms with van der Waals surface area (Å²) in [5.41, 5.74) is 8.56. The summed E-state index contributed by atoms with van der Waals surface area (Å²) in [6, 6.07) is 11.0. The van der Waals surface area contributed by atoms with E-state index in [9.17, 15) is 4.79 Å². The van der Waals surface area contributed by atoms with E-state index in [4.69, 9.17) is 5.73 Å². The predicted octanol–water partition coefficient (Wildman–Crippen LogP) is 1.86. The van der Waals surface area contributed by atoms with Crippen molar-refractivity contribution in [2.24, 2.45) is 5.73 Å². The molecule has 0 atom stereocenters. The van der Waals surface area contributed by atoms with Gasteiger partial charge in [-0.1, -0.05) is 6.07 Å². The van der Waals surface area contributed by atoms with Gasteiger partial charge in [0.25, 0.3) is 5.91 Å². The molecule has 0 spiro atoms. The number of hydrogen-bond acceptors (Lipinski definition) is 4. The van der Waals surface area contributed by atoms with Crippen molar-refractivity contribution in [3.63, 3.8) is 0 Å². The number of rotatable bonds is 4. The molecule has 1 amide bonds. The van der Waals surface area contributed by atoms with Gasteiger partial charge in [-0.2, -0.15) is 0 Å². The van der Waals surface area contributed by atoms with Crippen LogP contribution in [0.15, 0.2) is 42.6 Å². The normalized spacial score (nSPS) is 10.2. The molecule has 0 fully saturated rings. The number of nitrogens with one attached hydrogen (secondary N) is 1. The van der Waals surface area contributed by atoms with E-state index >= 15 is 0 Å². The highest BCUT2D eigenvalue weighted by Crippen LogP contribution is 2.18. The van der Waals surface area contributed by atoms with Crippen molar-refractivity contribution in [3.8, 4) is 0 Å². The minimum atomic E-state index is -0.169. The summed E-state index contributed by atoms with van der Waals surface area (Å²) >= 11 is 0. The average Bonchev–Trinajstić information content (AvgIpc) is 2.47. The molecule has 0 saturated heterocycles. The number of benzene rings is 1. The molecule has 0 aliphatic rings. The maximum atomic E-state index is 12.2. The molecule has 2 rings (SSSR count). The van der Waals surface area contributed by atoms with Crippen molar-refractivity contribution in [2.75, 3.05) is 24.3 Å². The van der Waals surface area contributed by atoms with Crippen molar-refractivity contribution < 1.29 is 4.79 Å². The van der Waals surface area contributed by atoms with E-state index in [1.807, 2.05) is 43.3 Å². The van der Waals surface area contributed by atoms with Crippen LogP contribution < -0.4 is 16.0 Å². The lowest BCUT2D eigenvalue weighted by Gasteiger charge is -2.14. The third-order valence-corrected chi connectivity index (χ3v) is 2.91. The molecule has 1 aromatic carbocycles. The summed E-state index contributed by atoms with van der Waals surface area (Å²) in [5.74, 6) is -0.169. The highest BCUT2D eigenvalue weighted by molar-refractivity contribution is 6.04. The molecule has 0 saturated carbocycles. The minimum Gasteiger partial charge on any atom is -0.378 e. The van der Waals surface area contributed by atoms with Crippen LogP contribution in [0.5, 0.6) is 0 Å². The largest absolute Gasteiger partial charge is 0.378 e. The Morgan fingerprint density at radius 1 is 1.30 bits per heavy atom. The van der Waals surface area contributed by atoms with E-state index in [0.29, 0.717) is 17.8 Å². The molecule has 20 heavy (non-hydrogen) atoms. The Morgan fingerprint density at radius 2 is 2.10 bits per heavy atom. The number of carbonyl (C=O) groups is 1. The van der Waals surface area contributed by atoms with Gasteiger partial charge in [0.05, 0.1) is 5.69 Å². The van der Waals surface area contributed by atoms with Gasteiger partial charge >= 0.3 is 0 Å². The molecule has 0 unspecified atom stereocenters. The number of carbonyl (C=O) groups excluding carboxylic acids is 1. The lowest BCUT2D eigenvalue weighted by atomic mass is 10.2. The first kappa shape index (κ1) is 14.0. The van der Waals surface area contributed by atoms with E-state index < -0.39 is 0 Å². The van der Waals surface area contributed by atoms with Crippen LogP contribution in [0.25, 0.3) is 0 Å². The Hall–Kier alpha value is -2.40. The van der Waals surface area contributed by atoms with Gasteiger partial charge in [0, 0.05) is 43.8 Å². The maximum Gasteiger partial charge on any atom is 0.255 e. The van der Waals surface area contributed by atoms with Crippen LogP contribution in [0.3, 0.4) is 0 Å². The maximum absolute atomic E-state index is 12.2. The first-order valence-electron chi connectivity index (χ1n) is 6.34. The SMILES string of the molecule is CN(C)c1cccc(NC(=O)c2ccnc(CN)c2)c1. The number of hydrogen-bond donors (Lipinski definition) is 2. The van der Waals surface area contributed by atoms with E-state index in [1.165, 1.54) is 0 Å². The van der Waals surface area contributed by atoms with Gasteiger partial charge < -0.3 is 16.0 Å². The number of amides is 1. The summed E-state index contributed by atoms with van der Waals surface area (Å²) < 4.78 is 0. The van der Waals surface area contributed by atoms with Crippen molar-refractivity contribution in [3.05, 3.63) is 53.9 Å². The van der Waals surface area contributed by atoms with Crippen molar-refractivity contribution in [1.29, 1.82) is 0 Å². The Balaban J connectivity index is 2.16. The molecule has 3 N–H and O–H groups in total. The van der Waals surface area contributed by atoms with Crippen molar-refractivity contribution in [2.45, 2.75) is 6.54 Å². The second kappa shape index (κ2) is 6.16. The van der Waals surface area contributed by atoms with E-state index in [1.54, 1.807) is 18.3 Å². The lowest BCUT2D eigenvalue weighted by Crippen LogP contribution is -2.14. The van der Waals surface area contributed by atoms with Gasteiger partial charge in [0.1, 0.15) is 0 Å². The Bertz CT molecular complexity index is 610. The molecule has 1 aromatic heterocycles. The molecule has 2 aromatic rings. The number of anilines is 2. The predicted molar refractivity (Wildman–Crippen MR) is 80.9 cm³/mol. The van der Waals surface area contributed by atoms with Gasteiger partial charge in [0.15, 0.2) is 0 Å². The molecule has 0 bridgehead atoms. The second-order valence-corrected chi connectivity index (χ2v) is 4.64. The van der Waals surface area contributed by atoms with E-state index in [0.717, 1.165) is 11.4 Å². The van der Waals surface area contributed by atoms with Gasteiger partial charge in [-0.15, -0.1) is 0 Å². The van der Waals surface area contributed by atoms with Gasteiger partial charge in [-0.3, -0.25) is 9.78 Å². The third kappa shape index (κ3) is 3.33. The Morgan fingerprint density at radius 3 is 2.80 bits per heavy atom. The smallest absolute Gasteiger partial charge is 0.255 e. The topological polar surface area (TPSA) is 71.2 Å². The Kier molecular flexibility index (Phi) is 4.32. The summed E-state index contributed by atoms with van der Waals surface area (Å²) in [5, 5.41) is 2.87. The van der Waals surface area contributed by atoms with Crippen molar-refractivity contribution >= 4 is 17.3 Å². The molecule has 1 heterocycles. The highest BCUT2D eigenvalue weighted by atomic mass is 16.1. The van der Waals surface area contributed by atoms with E-state index in [2.05, 4.69) is 10.3 Å². The van der Waals surface area contributed by atoms with Crippen LogP contribution in [0, 0.1) is 0 Å². The summed E-state index contributed by atoms with van der Waals surface area (Å²) in [6.07, 6.45) is 1.59. The number of aromatic nitrogens is 1. The molecule has 0 radical (unpaired) electrons. The van der Waals surface area contributed by atoms with Crippen molar-refractivity contribution in [1.82, 2.24) is 4.98 Å². The molecular weight excluding hydrogens is 252 g/mol. The molecule has 104 valence electrons. The molecular formula is C15H18N4O. The number of nitrogens with two attached hydrogens (primary N) is 1. The molecule has 5 nitrogen and oxygen atoms in total. The monoisotopic (exact) mass is 270 g/mol. The fourth-order valence-electron chi connectivity index (χ4n) is 1.80. The minimum absolute atomic E-state index is 0.169. The zero-order chi connectivity index (χ0) is 14.5. The van der Waals surface area contributed by atoms with Crippen LogP contribution in [-0.4, -0.2) is 25.0 Å². The molecule has 5 heteroatoms. The van der Waals surface area contributed by atoms with E-state index in [-0.39, 0.29) is 5.91 Å². The summed E-state index contributed by atoms with van der Waals surface area (Å²) in [7, 11) is 3.91. The summed E-state index contributed by atoms with van der Waals surface area (Å²) in [6.45, 7) is 0.317. The quantitative estimate of drug-likeness (QED) is 0.889. The number of pyridine rings is 1. The fourth-order valence-corrected chi connectivity index (χ4v) is 1.80. The lowest BCUT2D eigenvalue weighted by molar-refractivity contribution is 0.102. The third-order valence-electron chi connectivity index (χ3n) is 2.91. The standard InChI is InChI=1S/C15H18N4O/c1-19(2)14-5-3-4-12(9-14)18-15(20)11-6-7-17-13(8-11)10-16/h3-9H,10,16H2,1-2H3,(H,18,20). The van der Waals surface area contributed by atoms with Crippen LogP contribution >= 0.6 is 0 Å². The first-order valence-corrected chi connectivity index (χ1v) is 6.34. The van der Waals surface area contributed by atoms with Gasteiger partial charge in [-0.05, 0) is 30.3 Å². The first-order chi connectivity index (χ1) is 9.60. The molecule has 0 aliphatic carbocycles. The zero-order valence-electron chi connectivity index (χ0n) is 11.6. The average molecular weight is 270 g/mol.